The summed E-state index contributed by atoms with van der Waals surface area (Å²) < 4.78 is 40.3. The Labute approximate surface area is 343 Å². The molecule has 4 unspecified atom stereocenters. The van der Waals surface area contributed by atoms with Gasteiger partial charge >= 0.3 is 5.97 Å². The minimum atomic E-state index is -4.55. The second kappa shape index (κ2) is 35.4. The third-order valence-electron chi connectivity index (χ3n) is 9.85. The van der Waals surface area contributed by atoms with Gasteiger partial charge in [0, 0.05) is 13.0 Å². The Bertz CT molecular complexity index is 1100. The highest BCUT2D eigenvalue weighted by molar-refractivity contribution is 7.45. The molecular weight excluding hydrogens is 725 g/mol. The molecule has 1 saturated heterocycles. The maximum Gasteiger partial charge on any atom is 0.306 e. The Morgan fingerprint density at radius 2 is 1.29 bits per heavy atom. The van der Waals surface area contributed by atoms with E-state index < -0.39 is 19.9 Å². The highest BCUT2D eigenvalue weighted by atomic mass is 31.2. The lowest BCUT2D eigenvalue weighted by atomic mass is 10.0. The molecule has 1 fully saturated rings. The van der Waals surface area contributed by atoms with Crippen molar-refractivity contribution in [3.63, 3.8) is 0 Å². The van der Waals surface area contributed by atoms with Gasteiger partial charge in [0.1, 0.15) is 25.4 Å². The van der Waals surface area contributed by atoms with Gasteiger partial charge in [0.15, 0.2) is 0 Å². The molecule has 1 aliphatic rings. The highest BCUT2D eigenvalue weighted by Gasteiger charge is 2.35. The standard InChI is InChI=1S/C46H84NO8P/c1-6-8-10-12-14-16-18-20-21-22-23-25-27-29-31-33-39-51-41-43(42-53-56(49,50)52-40-38-47(3,4)5)54-46(48)37-34-36-45-44(55-45)35-32-30-28-26-24-19-17-15-13-11-9-7-2/h15,17,24,26,28,30,32,35,43-45H,6-14,16,18-23,25,27,29,31,33-34,36-42H2,1-5H3/b17-15+,26-24+,30-28-,35-32-. The lowest BCUT2D eigenvalue weighted by molar-refractivity contribution is -0.870. The van der Waals surface area contributed by atoms with E-state index in [4.69, 9.17) is 23.3 Å². The number of ether oxygens (including phenoxy) is 3. The predicted molar refractivity (Wildman–Crippen MR) is 230 cm³/mol. The zero-order chi connectivity index (χ0) is 41.0. The summed E-state index contributed by atoms with van der Waals surface area (Å²) in [5.74, 6) is -0.408. The van der Waals surface area contributed by atoms with E-state index in [-0.39, 0.29) is 38.4 Å². The van der Waals surface area contributed by atoms with Gasteiger partial charge < -0.3 is 32.6 Å². The van der Waals surface area contributed by atoms with Crippen LogP contribution >= 0.6 is 7.82 Å². The van der Waals surface area contributed by atoms with E-state index in [1.165, 1.54) is 109 Å². The molecule has 0 spiro atoms. The number of epoxide rings is 1. The topological polar surface area (TPSA) is 107 Å². The van der Waals surface area contributed by atoms with E-state index in [2.05, 4.69) is 38.2 Å². The van der Waals surface area contributed by atoms with Crippen LogP contribution in [0.2, 0.25) is 0 Å². The molecule has 1 rings (SSSR count). The van der Waals surface area contributed by atoms with Crippen molar-refractivity contribution in [1.29, 1.82) is 0 Å². The van der Waals surface area contributed by atoms with Gasteiger partial charge in [0.2, 0.25) is 0 Å². The molecule has 9 nitrogen and oxygen atoms in total. The number of unbranched alkanes of at least 4 members (excludes halogenated alkanes) is 18. The van der Waals surface area contributed by atoms with Crippen LogP contribution in [0.5, 0.6) is 0 Å². The molecule has 0 amide bonds. The van der Waals surface area contributed by atoms with Gasteiger partial charge in [-0.05, 0) is 38.5 Å². The minimum absolute atomic E-state index is 0.00830. The number of hydrogen-bond donors (Lipinski definition) is 0. The van der Waals surface area contributed by atoms with Gasteiger partial charge in [-0.2, -0.15) is 0 Å². The number of phosphoric ester groups is 1. The number of quaternary nitrogens is 1. The van der Waals surface area contributed by atoms with Crippen LogP contribution in [-0.2, 0) is 32.6 Å². The summed E-state index contributed by atoms with van der Waals surface area (Å²) in [4.78, 5) is 25.1. The summed E-state index contributed by atoms with van der Waals surface area (Å²) in [5, 5.41) is 0. The molecular formula is C46H84NO8P. The van der Waals surface area contributed by atoms with Gasteiger partial charge in [0.05, 0.1) is 40.5 Å². The van der Waals surface area contributed by atoms with Crippen LogP contribution < -0.4 is 4.89 Å². The molecule has 0 radical (unpaired) electrons. The van der Waals surface area contributed by atoms with Crippen molar-refractivity contribution < 1.29 is 42.0 Å². The Kier molecular flexibility index (Phi) is 33.1. The summed E-state index contributed by atoms with van der Waals surface area (Å²) in [7, 11) is 1.30. The lowest BCUT2D eigenvalue weighted by Gasteiger charge is -2.28. The maximum absolute atomic E-state index is 12.7. The molecule has 0 aromatic carbocycles. The van der Waals surface area contributed by atoms with E-state index in [1.807, 2.05) is 45.4 Å². The van der Waals surface area contributed by atoms with Gasteiger partial charge in [-0.1, -0.05) is 172 Å². The van der Waals surface area contributed by atoms with Crippen LogP contribution in [0, 0.1) is 0 Å². The summed E-state index contributed by atoms with van der Waals surface area (Å²) >= 11 is 0. The molecule has 0 aromatic heterocycles. The number of phosphoric acid groups is 1. The van der Waals surface area contributed by atoms with Crippen LogP contribution in [0.1, 0.15) is 168 Å². The van der Waals surface area contributed by atoms with E-state index in [0.717, 1.165) is 32.1 Å². The number of rotatable bonds is 40. The van der Waals surface area contributed by atoms with Crippen molar-refractivity contribution in [2.45, 2.75) is 186 Å². The fourth-order valence-corrected chi connectivity index (χ4v) is 6.96. The Balaban J connectivity index is 2.29. The average molecular weight is 810 g/mol. The zero-order valence-electron chi connectivity index (χ0n) is 36.5. The van der Waals surface area contributed by atoms with Gasteiger partial charge in [0.25, 0.3) is 7.82 Å². The molecule has 56 heavy (non-hydrogen) atoms. The highest BCUT2D eigenvalue weighted by Crippen LogP contribution is 2.38. The first-order chi connectivity index (χ1) is 27.1. The van der Waals surface area contributed by atoms with Crippen molar-refractivity contribution >= 4 is 13.8 Å². The van der Waals surface area contributed by atoms with E-state index in [1.54, 1.807) is 0 Å². The number of carbonyl (C=O) groups is 1. The molecule has 0 N–H and O–H groups in total. The van der Waals surface area contributed by atoms with Crippen LogP contribution in [0.4, 0.5) is 0 Å². The third-order valence-corrected chi connectivity index (χ3v) is 10.8. The number of nitrogens with zero attached hydrogens (tertiary/aromatic N) is 1. The summed E-state index contributed by atoms with van der Waals surface area (Å²) in [6.45, 7) is 5.26. The summed E-state index contributed by atoms with van der Waals surface area (Å²) in [5.41, 5.74) is 0. The van der Waals surface area contributed by atoms with Crippen LogP contribution in [0.3, 0.4) is 0 Å². The first-order valence-corrected chi connectivity index (χ1v) is 24.0. The van der Waals surface area contributed by atoms with Gasteiger partial charge in [-0.15, -0.1) is 0 Å². The van der Waals surface area contributed by atoms with Crippen LogP contribution in [0.15, 0.2) is 48.6 Å². The zero-order valence-corrected chi connectivity index (χ0v) is 37.4. The molecule has 0 bridgehead atoms. The van der Waals surface area contributed by atoms with Crippen molar-refractivity contribution in [3.05, 3.63) is 48.6 Å². The monoisotopic (exact) mass is 810 g/mol. The Morgan fingerprint density at radius 1 is 0.696 bits per heavy atom. The van der Waals surface area contributed by atoms with Crippen molar-refractivity contribution in [1.82, 2.24) is 0 Å². The average Bonchev–Trinajstić information content (AvgIpc) is 3.90. The molecule has 0 saturated carbocycles. The molecule has 1 aliphatic heterocycles. The van der Waals surface area contributed by atoms with Crippen LogP contribution in [0.25, 0.3) is 0 Å². The largest absolute Gasteiger partial charge is 0.756 e. The second-order valence-electron chi connectivity index (χ2n) is 16.5. The minimum Gasteiger partial charge on any atom is -0.756 e. The fraction of sp³-hybridized carbons (Fsp3) is 0.804. The van der Waals surface area contributed by atoms with Crippen molar-refractivity contribution in [2.24, 2.45) is 0 Å². The maximum atomic E-state index is 12.7. The molecule has 326 valence electrons. The van der Waals surface area contributed by atoms with E-state index in [0.29, 0.717) is 24.1 Å². The SMILES string of the molecule is CCCCC/C=C/C/C=C/C=C\C=C/C1OC1CCCC(=O)OC(COCCCCCCCCCCCCCCCCCC)COP(=O)([O-])OCC[N+](C)(C)C. The van der Waals surface area contributed by atoms with Gasteiger partial charge in [-0.3, -0.25) is 9.36 Å². The normalized spacial score (nSPS) is 17.8. The summed E-state index contributed by atoms with van der Waals surface area (Å²) in [6.07, 6.45) is 44.3. The smallest absolute Gasteiger partial charge is 0.306 e. The number of allylic oxidation sites excluding steroid dienone is 7. The number of carbonyl (C=O) groups excluding carboxylic acids is 1. The molecule has 1 heterocycles. The van der Waals surface area contributed by atoms with Gasteiger partial charge in [-0.25, -0.2) is 0 Å². The molecule has 0 aliphatic carbocycles. The molecule has 10 heteroatoms. The first-order valence-electron chi connectivity index (χ1n) is 22.5. The van der Waals surface area contributed by atoms with Crippen LogP contribution in [-0.4, -0.2) is 82.9 Å². The fourth-order valence-electron chi connectivity index (χ4n) is 6.24. The third kappa shape index (κ3) is 35.6. The molecule has 4 atom stereocenters. The number of esters is 1. The Morgan fingerprint density at radius 3 is 1.91 bits per heavy atom. The van der Waals surface area contributed by atoms with Crippen molar-refractivity contribution in [3.8, 4) is 0 Å². The number of hydrogen-bond acceptors (Lipinski definition) is 8. The molecule has 0 aromatic rings. The quantitative estimate of drug-likeness (QED) is 0.0115. The predicted octanol–water partition coefficient (Wildman–Crippen LogP) is 11.5. The second-order valence-corrected chi connectivity index (χ2v) is 17.9. The Hall–Kier alpha value is -1.58. The van der Waals surface area contributed by atoms with E-state index in [9.17, 15) is 14.3 Å². The van der Waals surface area contributed by atoms with Crippen molar-refractivity contribution in [2.75, 3.05) is 54.1 Å². The number of likely N-dealkylation sites (N-methyl/N-ethyl adjacent to an activating group) is 1. The lowest BCUT2D eigenvalue weighted by Crippen LogP contribution is -2.37. The summed E-state index contributed by atoms with van der Waals surface area (Å²) in [6, 6.07) is 0. The first kappa shape index (κ1) is 52.4. The van der Waals surface area contributed by atoms with E-state index >= 15 is 0 Å².